The van der Waals surface area contributed by atoms with Crippen molar-refractivity contribution < 1.29 is 8.42 Å². The first kappa shape index (κ1) is 15.3. The van der Waals surface area contributed by atoms with Crippen molar-refractivity contribution in [3.8, 4) is 0 Å². The van der Waals surface area contributed by atoms with Gasteiger partial charge in [-0.3, -0.25) is 4.68 Å². The molecular weight excluding hydrogens is 276 g/mol. The van der Waals surface area contributed by atoms with Gasteiger partial charge in [0.25, 0.3) is 0 Å². The van der Waals surface area contributed by atoms with Crippen LogP contribution in [-0.2, 0) is 16.6 Å². The summed E-state index contributed by atoms with van der Waals surface area (Å²) in [5.74, 6) is 0.749. The second-order valence-corrected chi connectivity index (χ2v) is 7.35. The fourth-order valence-electron chi connectivity index (χ4n) is 2.67. The Morgan fingerprint density at radius 1 is 1.40 bits per heavy atom. The Hall–Kier alpha value is -1.08. The summed E-state index contributed by atoms with van der Waals surface area (Å²) < 4.78 is 29.1. The molecule has 1 aromatic heterocycles. The Morgan fingerprint density at radius 2 is 2.15 bits per heavy atom. The van der Waals surface area contributed by atoms with E-state index < -0.39 is 10.0 Å². The summed E-state index contributed by atoms with van der Waals surface area (Å²) in [6, 6.07) is 0.00864. The van der Waals surface area contributed by atoms with Crippen LogP contribution in [0.4, 0.5) is 5.82 Å². The van der Waals surface area contributed by atoms with E-state index >= 15 is 0 Å². The standard InChI is InChI=1S/C13H24N4O2S/c1-3-17-9-12(13(14)15-17)20(18,19)16-11-6-4-5-10(2)7-8-11/h9-11,16H,3-8H2,1-2H3,(H2,14,15). The lowest BCUT2D eigenvalue weighted by molar-refractivity contribution is 0.484. The summed E-state index contributed by atoms with van der Waals surface area (Å²) in [5.41, 5.74) is 5.71. The molecule has 1 heterocycles. The van der Waals surface area contributed by atoms with Gasteiger partial charge in [0, 0.05) is 18.8 Å². The van der Waals surface area contributed by atoms with Gasteiger partial charge in [-0.05, 0) is 32.1 Å². The van der Waals surface area contributed by atoms with Crippen LogP contribution in [-0.4, -0.2) is 24.2 Å². The first-order valence-electron chi connectivity index (χ1n) is 7.27. The third kappa shape index (κ3) is 3.52. The molecular formula is C13H24N4O2S. The molecule has 1 aliphatic carbocycles. The molecule has 0 bridgehead atoms. The zero-order valence-electron chi connectivity index (χ0n) is 12.2. The normalized spacial score (nSPS) is 24.5. The molecule has 6 nitrogen and oxygen atoms in total. The minimum absolute atomic E-state index is 0.00864. The topological polar surface area (TPSA) is 90.0 Å². The highest BCUT2D eigenvalue weighted by molar-refractivity contribution is 7.89. The average Bonchev–Trinajstić information content (AvgIpc) is 2.66. The number of rotatable bonds is 4. The van der Waals surface area contributed by atoms with Crippen molar-refractivity contribution >= 4 is 15.8 Å². The molecule has 114 valence electrons. The van der Waals surface area contributed by atoms with Crippen LogP contribution in [0.3, 0.4) is 0 Å². The SMILES string of the molecule is CCn1cc(S(=O)(=O)NC2CCCC(C)CC2)c(N)n1. The van der Waals surface area contributed by atoms with Crippen molar-refractivity contribution in [2.75, 3.05) is 5.73 Å². The fourth-order valence-corrected chi connectivity index (χ4v) is 4.05. The summed E-state index contributed by atoms with van der Waals surface area (Å²) in [6.45, 7) is 4.71. The van der Waals surface area contributed by atoms with Crippen LogP contribution in [0.5, 0.6) is 0 Å². The molecule has 0 spiro atoms. The number of aromatic nitrogens is 2. The number of nitrogens with one attached hydrogen (secondary N) is 1. The van der Waals surface area contributed by atoms with E-state index in [1.165, 1.54) is 12.6 Å². The monoisotopic (exact) mass is 300 g/mol. The molecule has 7 heteroatoms. The van der Waals surface area contributed by atoms with Crippen LogP contribution in [0, 0.1) is 5.92 Å². The number of anilines is 1. The van der Waals surface area contributed by atoms with Crippen molar-refractivity contribution in [2.45, 2.75) is 63.4 Å². The molecule has 1 aromatic rings. The molecule has 3 N–H and O–H groups in total. The van der Waals surface area contributed by atoms with E-state index in [-0.39, 0.29) is 16.8 Å². The molecule has 0 aromatic carbocycles. The van der Waals surface area contributed by atoms with Gasteiger partial charge in [0.15, 0.2) is 5.82 Å². The maximum absolute atomic E-state index is 12.4. The minimum atomic E-state index is -3.57. The van der Waals surface area contributed by atoms with E-state index in [0.29, 0.717) is 12.5 Å². The van der Waals surface area contributed by atoms with Gasteiger partial charge in [0.1, 0.15) is 4.90 Å². The largest absolute Gasteiger partial charge is 0.381 e. The van der Waals surface area contributed by atoms with Gasteiger partial charge in [-0.25, -0.2) is 13.1 Å². The molecule has 0 radical (unpaired) electrons. The number of hydrogen-bond donors (Lipinski definition) is 2. The van der Waals surface area contributed by atoms with Crippen LogP contribution in [0.2, 0.25) is 0 Å². The smallest absolute Gasteiger partial charge is 0.246 e. The first-order chi connectivity index (χ1) is 9.42. The lowest BCUT2D eigenvalue weighted by atomic mass is 10.0. The molecule has 2 atom stereocenters. The summed E-state index contributed by atoms with van der Waals surface area (Å²) in [6.07, 6.45) is 6.59. The third-order valence-corrected chi connectivity index (χ3v) is 5.48. The molecule has 0 amide bonds. The summed E-state index contributed by atoms with van der Waals surface area (Å²) in [4.78, 5) is 0.0941. The summed E-state index contributed by atoms with van der Waals surface area (Å²) >= 11 is 0. The Morgan fingerprint density at radius 3 is 2.80 bits per heavy atom. The highest BCUT2D eigenvalue weighted by Crippen LogP contribution is 2.24. The lowest BCUT2D eigenvalue weighted by Crippen LogP contribution is -2.34. The van der Waals surface area contributed by atoms with Crippen molar-refractivity contribution in [2.24, 2.45) is 5.92 Å². The zero-order chi connectivity index (χ0) is 14.8. The minimum Gasteiger partial charge on any atom is -0.381 e. The lowest BCUT2D eigenvalue weighted by Gasteiger charge is -2.16. The van der Waals surface area contributed by atoms with Crippen LogP contribution in [0.15, 0.2) is 11.1 Å². The Bertz CT molecular complexity index is 553. The van der Waals surface area contributed by atoms with Crippen molar-refractivity contribution in [3.63, 3.8) is 0 Å². The zero-order valence-corrected chi connectivity index (χ0v) is 13.0. The van der Waals surface area contributed by atoms with E-state index in [1.54, 1.807) is 4.68 Å². The third-order valence-electron chi connectivity index (χ3n) is 3.95. The summed E-state index contributed by atoms with van der Waals surface area (Å²) in [5, 5.41) is 3.99. The molecule has 1 fully saturated rings. The molecule has 2 rings (SSSR count). The second-order valence-electron chi connectivity index (χ2n) is 5.67. The van der Waals surface area contributed by atoms with Gasteiger partial charge >= 0.3 is 0 Å². The molecule has 0 saturated heterocycles. The molecule has 1 aliphatic rings. The van der Waals surface area contributed by atoms with Crippen LogP contribution < -0.4 is 10.5 Å². The fraction of sp³-hybridized carbons (Fsp3) is 0.769. The number of aryl methyl sites for hydroxylation is 1. The first-order valence-corrected chi connectivity index (χ1v) is 8.76. The van der Waals surface area contributed by atoms with E-state index in [9.17, 15) is 8.42 Å². The molecule has 2 unspecified atom stereocenters. The Balaban J connectivity index is 2.12. The highest BCUT2D eigenvalue weighted by atomic mass is 32.2. The average molecular weight is 300 g/mol. The maximum atomic E-state index is 12.4. The van der Waals surface area contributed by atoms with Gasteiger partial charge < -0.3 is 5.73 Å². The Kier molecular flexibility index (Phi) is 4.70. The highest BCUT2D eigenvalue weighted by Gasteiger charge is 2.26. The maximum Gasteiger partial charge on any atom is 0.246 e. The van der Waals surface area contributed by atoms with Crippen molar-refractivity contribution in [1.82, 2.24) is 14.5 Å². The molecule has 20 heavy (non-hydrogen) atoms. The van der Waals surface area contributed by atoms with E-state index in [0.717, 1.165) is 25.7 Å². The van der Waals surface area contributed by atoms with Gasteiger partial charge in [-0.1, -0.05) is 19.8 Å². The number of nitrogens with two attached hydrogens (primary N) is 1. The van der Waals surface area contributed by atoms with Gasteiger partial charge in [0.2, 0.25) is 10.0 Å². The molecule has 1 saturated carbocycles. The summed E-state index contributed by atoms with van der Waals surface area (Å²) in [7, 11) is -3.57. The number of nitrogen functional groups attached to an aromatic ring is 1. The number of nitrogens with zero attached hydrogens (tertiary/aromatic N) is 2. The van der Waals surface area contributed by atoms with E-state index in [2.05, 4.69) is 16.7 Å². The van der Waals surface area contributed by atoms with Crippen molar-refractivity contribution in [3.05, 3.63) is 6.20 Å². The number of hydrogen-bond acceptors (Lipinski definition) is 4. The van der Waals surface area contributed by atoms with E-state index in [1.807, 2.05) is 6.92 Å². The van der Waals surface area contributed by atoms with Crippen LogP contribution in [0.25, 0.3) is 0 Å². The van der Waals surface area contributed by atoms with Gasteiger partial charge in [0.05, 0.1) is 0 Å². The Labute approximate surface area is 120 Å². The van der Waals surface area contributed by atoms with E-state index in [4.69, 9.17) is 5.73 Å². The molecule has 0 aliphatic heterocycles. The van der Waals surface area contributed by atoms with Crippen molar-refractivity contribution in [1.29, 1.82) is 0 Å². The number of sulfonamides is 1. The van der Waals surface area contributed by atoms with Crippen LogP contribution in [0.1, 0.15) is 46.0 Å². The van der Waals surface area contributed by atoms with Gasteiger partial charge in [-0.2, -0.15) is 5.10 Å². The van der Waals surface area contributed by atoms with Gasteiger partial charge in [-0.15, -0.1) is 0 Å². The quantitative estimate of drug-likeness (QED) is 0.829. The second kappa shape index (κ2) is 6.13. The predicted molar refractivity (Wildman–Crippen MR) is 78.7 cm³/mol. The predicted octanol–water partition coefficient (Wildman–Crippen LogP) is 1.73. The van der Waals surface area contributed by atoms with Crippen LogP contribution >= 0.6 is 0 Å².